The summed E-state index contributed by atoms with van der Waals surface area (Å²) in [5, 5.41) is 12.2. The molecule has 0 aliphatic heterocycles. The first kappa shape index (κ1) is 12.7. The van der Waals surface area contributed by atoms with E-state index in [9.17, 15) is 5.11 Å². The van der Waals surface area contributed by atoms with E-state index in [-0.39, 0.29) is 0 Å². The molecule has 2 rings (SSSR count). The predicted molar refractivity (Wildman–Crippen MR) is 74.3 cm³/mol. The molecule has 1 N–H and O–H groups in total. The quantitative estimate of drug-likeness (QED) is 0.933. The van der Waals surface area contributed by atoms with Gasteiger partial charge in [-0.2, -0.15) is 0 Å². The Morgan fingerprint density at radius 2 is 2.24 bits per heavy atom. The molecule has 1 atom stereocenters. The molecule has 1 unspecified atom stereocenters. The van der Waals surface area contributed by atoms with Crippen molar-refractivity contribution in [3.05, 3.63) is 50.4 Å². The van der Waals surface area contributed by atoms with Crippen molar-refractivity contribution in [3.8, 4) is 0 Å². The Morgan fingerprint density at radius 1 is 1.41 bits per heavy atom. The standard InChI is InChI=1S/C13H14BrNOS/c1-2-9-5-6-17-13(9)12(16)7-11-4-3-10(14)8-15-11/h3-6,8,12,16H,2,7H2,1H3. The molecule has 0 amide bonds. The SMILES string of the molecule is CCc1ccsc1C(O)Cc1ccc(Br)cn1. The molecule has 2 aromatic heterocycles. The van der Waals surface area contributed by atoms with E-state index in [1.165, 1.54) is 5.56 Å². The number of thiophene rings is 1. The van der Waals surface area contributed by atoms with E-state index in [0.717, 1.165) is 21.5 Å². The van der Waals surface area contributed by atoms with Gasteiger partial charge in [-0.3, -0.25) is 4.98 Å². The Balaban J connectivity index is 2.11. The molecule has 17 heavy (non-hydrogen) atoms. The highest BCUT2D eigenvalue weighted by Gasteiger charge is 2.14. The normalized spacial score (nSPS) is 12.6. The van der Waals surface area contributed by atoms with Gasteiger partial charge < -0.3 is 5.11 Å². The van der Waals surface area contributed by atoms with Gasteiger partial charge >= 0.3 is 0 Å². The second-order valence-corrected chi connectivity index (χ2v) is 5.71. The zero-order chi connectivity index (χ0) is 12.3. The third kappa shape index (κ3) is 3.15. The first-order valence-electron chi connectivity index (χ1n) is 5.55. The summed E-state index contributed by atoms with van der Waals surface area (Å²) in [5.41, 5.74) is 2.15. The Bertz CT molecular complexity index is 480. The van der Waals surface area contributed by atoms with Crippen LogP contribution in [0.15, 0.2) is 34.2 Å². The number of nitrogens with zero attached hydrogens (tertiary/aromatic N) is 1. The van der Waals surface area contributed by atoms with Crippen LogP contribution in [0.3, 0.4) is 0 Å². The molecule has 2 heterocycles. The van der Waals surface area contributed by atoms with E-state index in [1.807, 2.05) is 17.5 Å². The maximum Gasteiger partial charge on any atom is 0.0939 e. The average molecular weight is 312 g/mol. The molecule has 0 radical (unpaired) electrons. The van der Waals surface area contributed by atoms with Crippen molar-refractivity contribution < 1.29 is 5.11 Å². The zero-order valence-corrected chi connectivity index (χ0v) is 12.0. The fraction of sp³-hybridized carbons (Fsp3) is 0.308. The molecule has 0 aromatic carbocycles. The van der Waals surface area contributed by atoms with Crippen LogP contribution in [0.5, 0.6) is 0 Å². The van der Waals surface area contributed by atoms with E-state index in [2.05, 4.69) is 33.9 Å². The molecule has 2 nitrogen and oxygen atoms in total. The molecule has 2 aromatic rings. The van der Waals surface area contributed by atoms with Gasteiger partial charge in [-0.15, -0.1) is 11.3 Å². The highest BCUT2D eigenvalue weighted by atomic mass is 79.9. The van der Waals surface area contributed by atoms with E-state index >= 15 is 0 Å². The molecule has 90 valence electrons. The van der Waals surface area contributed by atoms with Gasteiger partial charge in [-0.25, -0.2) is 0 Å². The summed E-state index contributed by atoms with van der Waals surface area (Å²) in [6, 6.07) is 5.97. The number of aliphatic hydroxyl groups excluding tert-OH is 1. The molecule has 0 saturated heterocycles. The van der Waals surface area contributed by atoms with Gasteiger partial charge in [0.1, 0.15) is 0 Å². The Morgan fingerprint density at radius 3 is 2.88 bits per heavy atom. The summed E-state index contributed by atoms with van der Waals surface area (Å²) in [7, 11) is 0. The van der Waals surface area contributed by atoms with Gasteiger partial charge in [0.25, 0.3) is 0 Å². The molecule has 0 fully saturated rings. The van der Waals surface area contributed by atoms with Gasteiger partial charge in [0.2, 0.25) is 0 Å². The fourth-order valence-electron chi connectivity index (χ4n) is 1.75. The Labute approximate surface area is 113 Å². The molecule has 0 saturated carbocycles. The van der Waals surface area contributed by atoms with Crippen molar-refractivity contribution >= 4 is 27.3 Å². The number of pyridine rings is 1. The summed E-state index contributed by atoms with van der Waals surface area (Å²) in [5.74, 6) is 0. The lowest BCUT2D eigenvalue weighted by molar-refractivity contribution is 0.180. The number of aryl methyl sites for hydroxylation is 1. The van der Waals surface area contributed by atoms with Gasteiger partial charge in [0.05, 0.1) is 6.10 Å². The summed E-state index contributed by atoms with van der Waals surface area (Å²) in [6.07, 6.45) is 2.85. The maximum atomic E-state index is 10.2. The minimum atomic E-state index is -0.446. The van der Waals surface area contributed by atoms with Crippen molar-refractivity contribution in [2.45, 2.75) is 25.9 Å². The number of hydrogen-bond donors (Lipinski definition) is 1. The lowest BCUT2D eigenvalue weighted by atomic mass is 10.1. The van der Waals surface area contributed by atoms with Gasteiger partial charge in [0.15, 0.2) is 0 Å². The number of aliphatic hydroxyl groups is 1. The molecular formula is C13H14BrNOS. The maximum absolute atomic E-state index is 10.2. The van der Waals surface area contributed by atoms with Crippen LogP contribution in [0, 0.1) is 0 Å². The summed E-state index contributed by atoms with van der Waals surface area (Å²) in [6.45, 7) is 2.11. The first-order chi connectivity index (χ1) is 8.20. The van der Waals surface area contributed by atoms with Gasteiger partial charge in [-0.1, -0.05) is 6.92 Å². The van der Waals surface area contributed by atoms with E-state index in [4.69, 9.17) is 0 Å². The number of aromatic nitrogens is 1. The average Bonchev–Trinajstić information content (AvgIpc) is 2.80. The topological polar surface area (TPSA) is 33.1 Å². The lowest BCUT2D eigenvalue weighted by Gasteiger charge is -2.10. The monoisotopic (exact) mass is 311 g/mol. The second kappa shape index (κ2) is 5.76. The number of rotatable bonds is 4. The first-order valence-corrected chi connectivity index (χ1v) is 7.22. The Hall–Kier alpha value is -0.710. The van der Waals surface area contributed by atoms with Crippen molar-refractivity contribution in [2.75, 3.05) is 0 Å². The van der Waals surface area contributed by atoms with E-state index in [1.54, 1.807) is 17.5 Å². The molecule has 0 aliphatic rings. The zero-order valence-electron chi connectivity index (χ0n) is 9.56. The smallest absolute Gasteiger partial charge is 0.0939 e. The lowest BCUT2D eigenvalue weighted by Crippen LogP contribution is -2.03. The molecule has 4 heteroatoms. The van der Waals surface area contributed by atoms with Crippen LogP contribution in [-0.2, 0) is 12.8 Å². The van der Waals surface area contributed by atoms with Gasteiger partial charge in [0, 0.05) is 27.7 Å². The van der Waals surface area contributed by atoms with Crippen LogP contribution >= 0.6 is 27.3 Å². The molecule has 0 spiro atoms. The summed E-state index contributed by atoms with van der Waals surface area (Å²) >= 11 is 4.97. The summed E-state index contributed by atoms with van der Waals surface area (Å²) in [4.78, 5) is 5.35. The van der Waals surface area contributed by atoms with E-state index < -0.39 is 6.10 Å². The van der Waals surface area contributed by atoms with Crippen molar-refractivity contribution in [1.82, 2.24) is 4.98 Å². The largest absolute Gasteiger partial charge is 0.387 e. The Kier molecular flexibility index (Phi) is 4.31. The van der Waals surface area contributed by atoms with Crippen LogP contribution in [-0.4, -0.2) is 10.1 Å². The van der Waals surface area contributed by atoms with Crippen LogP contribution in [0.1, 0.15) is 29.2 Å². The van der Waals surface area contributed by atoms with Crippen molar-refractivity contribution in [1.29, 1.82) is 0 Å². The predicted octanol–water partition coefficient (Wildman–Crippen LogP) is 3.74. The minimum Gasteiger partial charge on any atom is -0.387 e. The highest BCUT2D eigenvalue weighted by Crippen LogP contribution is 2.27. The molecule has 0 bridgehead atoms. The van der Waals surface area contributed by atoms with Gasteiger partial charge in [-0.05, 0) is 51.5 Å². The van der Waals surface area contributed by atoms with Crippen molar-refractivity contribution in [2.24, 2.45) is 0 Å². The highest BCUT2D eigenvalue weighted by molar-refractivity contribution is 9.10. The third-order valence-electron chi connectivity index (χ3n) is 2.66. The van der Waals surface area contributed by atoms with Crippen LogP contribution in [0.2, 0.25) is 0 Å². The van der Waals surface area contributed by atoms with E-state index in [0.29, 0.717) is 6.42 Å². The summed E-state index contributed by atoms with van der Waals surface area (Å²) < 4.78 is 0.959. The van der Waals surface area contributed by atoms with Crippen LogP contribution in [0.25, 0.3) is 0 Å². The number of hydrogen-bond acceptors (Lipinski definition) is 3. The number of halogens is 1. The second-order valence-electron chi connectivity index (χ2n) is 3.85. The van der Waals surface area contributed by atoms with Crippen LogP contribution in [0.4, 0.5) is 0 Å². The van der Waals surface area contributed by atoms with Crippen molar-refractivity contribution in [3.63, 3.8) is 0 Å². The fourth-order valence-corrected chi connectivity index (χ4v) is 2.97. The molecular weight excluding hydrogens is 298 g/mol. The minimum absolute atomic E-state index is 0.446. The third-order valence-corrected chi connectivity index (χ3v) is 4.18. The molecule has 0 aliphatic carbocycles. The van der Waals surface area contributed by atoms with Crippen LogP contribution < -0.4 is 0 Å².